The van der Waals surface area contributed by atoms with Gasteiger partial charge in [-0.3, -0.25) is 4.68 Å². The third kappa shape index (κ3) is 2.40. The molecule has 0 unspecified atom stereocenters. The summed E-state index contributed by atoms with van der Waals surface area (Å²) in [5, 5.41) is 8.53. The first-order chi connectivity index (χ1) is 8.65. The van der Waals surface area contributed by atoms with E-state index >= 15 is 0 Å². The van der Waals surface area contributed by atoms with Crippen molar-refractivity contribution in [3.05, 3.63) is 17.5 Å². The average molecular weight is 267 g/mol. The Bertz CT molecular complexity index is 532. The summed E-state index contributed by atoms with van der Waals surface area (Å²) in [5.74, 6) is 1.04. The van der Waals surface area contributed by atoms with Crippen molar-refractivity contribution < 1.29 is 4.74 Å². The Morgan fingerprint density at radius 2 is 2.33 bits per heavy atom. The van der Waals surface area contributed by atoms with E-state index in [-0.39, 0.29) is 0 Å². The highest BCUT2D eigenvalue weighted by molar-refractivity contribution is 7.11. The van der Waals surface area contributed by atoms with Gasteiger partial charge in [-0.2, -0.15) is 9.47 Å². The van der Waals surface area contributed by atoms with Gasteiger partial charge in [0.15, 0.2) is 16.6 Å². The highest BCUT2D eigenvalue weighted by Gasteiger charge is 2.12. The topological polar surface area (TPSA) is 78.0 Å². The molecule has 0 atom stereocenters. The lowest BCUT2D eigenvalue weighted by Gasteiger charge is -2.05. The van der Waals surface area contributed by atoms with Crippen molar-refractivity contribution in [1.82, 2.24) is 14.2 Å². The summed E-state index contributed by atoms with van der Waals surface area (Å²) in [4.78, 5) is 0. The molecule has 0 aliphatic rings. The predicted octanol–water partition coefficient (Wildman–Crippen LogP) is 1.64. The summed E-state index contributed by atoms with van der Waals surface area (Å²) in [5.41, 5.74) is 7.97. The fourth-order valence-electron chi connectivity index (χ4n) is 1.81. The van der Waals surface area contributed by atoms with E-state index < -0.39 is 0 Å². The van der Waals surface area contributed by atoms with E-state index in [1.54, 1.807) is 7.11 Å². The molecular formula is C11H17N5OS. The van der Waals surface area contributed by atoms with E-state index in [1.165, 1.54) is 17.1 Å². The van der Waals surface area contributed by atoms with Crippen molar-refractivity contribution in [2.24, 2.45) is 7.05 Å². The minimum Gasteiger partial charge on any atom is -0.490 e. The van der Waals surface area contributed by atoms with Crippen molar-refractivity contribution in [3.63, 3.8) is 0 Å². The number of aromatic nitrogens is 3. The largest absolute Gasteiger partial charge is 0.490 e. The van der Waals surface area contributed by atoms with Crippen LogP contribution in [0.1, 0.15) is 18.2 Å². The molecule has 2 rings (SSSR count). The third-order valence-electron chi connectivity index (χ3n) is 2.64. The molecule has 2 aromatic rings. The van der Waals surface area contributed by atoms with E-state index in [0.717, 1.165) is 17.1 Å². The highest BCUT2D eigenvalue weighted by atomic mass is 32.1. The molecule has 0 amide bonds. The number of aryl methyl sites for hydroxylation is 2. The van der Waals surface area contributed by atoms with Crippen LogP contribution in [-0.4, -0.2) is 21.3 Å². The zero-order valence-corrected chi connectivity index (χ0v) is 11.5. The van der Waals surface area contributed by atoms with E-state index in [9.17, 15) is 0 Å². The van der Waals surface area contributed by atoms with Gasteiger partial charge in [0.1, 0.15) is 0 Å². The number of nitrogens with zero attached hydrogens (tertiary/aromatic N) is 3. The maximum atomic E-state index is 5.70. The Morgan fingerprint density at radius 3 is 3.00 bits per heavy atom. The molecule has 2 heterocycles. The second kappa shape index (κ2) is 5.26. The average Bonchev–Trinajstić information content (AvgIpc) is 2.89. The molecule has 3 N–H and O–H groups in total. The molecule has 0 spiro atoms. The lowest BCUT2D eigenvalue weighted by molar-refractivity contribution is 0.419. The number of anilines is 2. The van der Waals surface area contributed by atoms with Crippen LogP contribution in [0.2, 0.25) is 0 Å². The highest BCUT2D eigenvalue weighted by Crippen LogP contribution is 2.34. The summed E-state index contributed by atoms with van der Waals surface area (Å²) in [6, 6.07) is 0. The van der Waals surface area contributed by atoms with Crippen molar-refractivity contribution >= 4 is 22.4 Å². The van der Waals surface area contributed by atoms with Crippen LogP contribution >= 0.6 is 11.5 Å². The molecule has 18 heavy (non-hydrogen) atoms. The first-order valence-electron chi connectivity index (χ1n) is 5.70. The maximum Gasteiger partial charge on any atom is 0.197 e. The Kier molecular flexibility index (Phi) is 3.71. The minimum atomic E-state index is 0.423. The Hall–Kier alpha value is -1.76. The molecular weight excluding hydrogens is 250 g/mol. The second-order valence-corrected chi connectivity index (χ2v) is 4.69. The lowest BCUT2D eigenvalue weighted by atomic mass is 10.2. The number of nitrogens with two attached hydrogens (primary N) is 1. The van der Waals surface area contributed by atoms with Crippen LogP contribution in [0, 0.1) is 0 Å². The fourth-order valence-corrected chi connectivity index (χ4v) is 2.49. The Labute approximate surface area is 110 Å². The predicted molar refractivity (Wildman–Crippen MR) is 73.0 cm³/mol. The number of rotatable bonds is 5. The van der Waals surface area contributed by atoms with Gasteiger partial charge in [-0.15, -0.1) is 0 Å². The number of ether oxygens (including phenoxy) is 1. The van der Waals surface area contributed by atoms with E-state index in [4.69, 9.17) is 10.5 Å². The van der Waals surface area contributed by atoms with Gasteiger partial charge in [-0.1, -0.05) is 6.92 Å². The summed E-state index contributed by atoms with van der Waals surface area (Å²) in [6.07, 6.45) is 2.93. The van der Waals surface area contributed by atoms with Gasteiger partial charge in [0.05, 0.1) is 12.8 Å². The molecule has 0 saturated carbocycles. The number of nitrogen functional groups attached to an aromatic ring is 1. The SMILES string of the molecule is CCc1nn(C)cc1CNc1snc(N)c1OC. The van der Waals surface area contributed by atoms with Gasteiger partial charge in [0.2, 0.25) is 0 Å². The van der Waals surface area contributed by atoms with Gasteiger partial charge in [-0.05, 0) is 18.0 Å². The lowest BCUT2D eigenvalue weighted by Crippen LogP contribution is -2.01. The molecule has 0 aliphatic carbocycles. The van der Waals surface area contributed by atoms with Crippen LogP contribution in [0.15, 0.2) is 6.20 Å². The summed E-state index contributed by atoms with van der Waals surface area (Å²) in [6.45, 7) is 2.78. The van der Waals surface area contributed by atoms with Gasteiger partial charge in [0.25, 0.3) is 0 Å². The van der Waals surface area contributed by atoms with E-state index in [1.807, 2.05) is 17.9 Å². The van der Waals surface area contributed by atoms with Gasteiger partial charge in [0, 0.05) is 25.4 Å². The molecule has 0 fully saturated rings. The number of nitrogens with one attached hydrogen (secondary N) is 1. The molecule has 2 aromatic heterocycles. The second-order valence-electron chi connectivity index (χ2n) is 3.91. The molecule has 98 valence electrons. The first kappa shape index (κ1) is 12.7. The van der Waals surface area contributed by atoms with Crippen molar-refractivity contribution in [2.75, 3.05) is 18.2 Å². The van der Waals surface area contributed by atoms with Gasteiger partial charge in [-0.25, -0.2) is 0 Å². The van der Waals surface area contributed by atoms with Crippen molar-refractivity contribution in [3.8, 4) is 5.75 Å². The van der Waals surface area contributed by atoms with Gasteiger partial charge >= 0.3 is 0 Å². The first-order valence-corrected chi connectivity index (χ1v) is 6.47. The summed E-state index contributed by atoms with van der Waals surface area (Å²) < 4.78 is 11.1. The summed E-state index contributed by atoms with van der Waals surface area (Å²) in [7, 11) is 3.51. The molecule has 7 heteroatoms. The number of hydrogen-bond donors (Lipinski definition) is 2. The normalized spacial score (nSPS) is 10.6. The molecule has 0 radical (unpaired) electrons. The summed E-state index contributed by atoms with van der Waals surface area (Å²) >= 11 is 1.30. The zero-order valence-electron chi connectivity index (χ0n) is 10.7. The molecule has 0 aromatic carbocycles. The quantitative estimate of drug-likeness (QED) is 0.861. The molecule has 6 nitrogen and oxygen atoms in total. The fraction of sp³-hybridized carbons (Fsp3) is 0.455. The Balaban J connectivity index is 2.11. The standard InChI is InChI=1S/C11H17N5OS/c1-4-8-7(6-16(2)14-8)5-13-11-9(17-3)10(12)15-18-11/h6,13H,4-5H2,1-3H3,(H2,12,15). The van der Waals surface area contributed by atoms with E-state index in [2.05, 4.69) is 21.7 Å². The van der Waals surface area contributed by atoms with E-state index in [0.29, 0.717) is 18.1 Å². The molecule has 0 bridgehead atoms. The molecule has 0 aliphatic heterocycles. The van der Waals surface area contributed by atoms with Crippen LogP contribution in [0.5, 0.6) is 5.75 Å². The van der Waals surface area contributed by atoms with Crippen LogP contribution in [0.3, 0.4) is 0 Å². The van der Waals surface area contributed by atoms with Crippen LogP contribution in [0.4, 0.5) is 10.8 Å². The molecule has 0 saturated heterocycles. The Morgan fingerprint density at radius 1 is 1.56 bits per heavy atom. The minimum absolute atomic E-state index is 0.423. The smallest absolute Gasteiger partial charge is 0.197 e. The van der Waals surface area contributed by atoms with Crippen molar-refractivity contribution in [1.29, 1.82) is 0 Å². The van der Waals surface area contributed by atoms with Crippen LogP contribution in [0.25, 0.3) is 0 Å². The van der Waals surface area contributed by atoms with Crippen LogP contribution in [-0.2, 0) is 20.0 Å². The number of hydrogen-bond acceptors (Lipinski definition) is 6. The van der Waals surface area contributed by atoms with Crippen LogP contribution < -0.4 is 15.8 Å². The van der Waals surface area contributed by atoms with Crippen molar-refractivity contribution in [2.45, 2.75) is 19.9 Å². The van der Waals surface area contributed by atoms with Gasteiger partial charge < -0.3 is 15.8 Å². The third-order valence-corrected chi connectivity index (χ3v) is 3.44. The monoisotopic (exact) mass is 267 g/mol. The maximum absolute atomic E-state index is 5.70. The zero-order chi connectivity index (χ0) is 13.1. The number of methoxy groups -OCH3 is 1.